The van der Waals surface area contributed by atoms with Crippen LogP contribution in [0, 0.1) is 0 Å². The van der Waals surface area contributed by atoms with E-state index in [9.17, 15) is 4.79 Å². The van der Waals surface area contributed by atoms with Gasteiger partial charge in [-0.15, -0.1) is 0 Å². The van der Waals surface area contributed by atoms with Crippen LogP contribution < -0.4 is 5.73 Å². The summed E-state index contributed by atoms with van der Waals surface area (Å²) in [6.45, 7) is 4.42. The van der Waals surface area contributed by atoms with Crippen LogP contribution in [0.25, 0.3) is 0 Å². The molecule has 0 aromatic carbocycles. The number of hydrogen-bond donors (Lipinski definition) is 1. The first-order chi connectivity index (χ1) is 7.72. The van der Waals surface area contributed by atoms with Crippen LogP contribution in [0.2, 0.25) is 0 Å². The zero-order valence-electron chi connectivity index (χ0n) is 10.5. The summed E-state index contributed by atoms with van der Waals surface area (Å²) in [6.07, 6.45) is 6.44. The summed E-state index contributed by atoms with van der Waals surface area (Å²) < 4.78 is 4.84. The van der Waals surface area contributed by atoms with E-state index in [4.69, 9.17) is 10.5 Å². The highest BCUT2D eigenvalue weighted by Gasteiger charge is 2.13. The lowest BCUT2D eigenvalue weighted by atomic mass is 10.2. The maximum absolute atomic E-state index is 11.2. The Bertz CT molecular complexity index is 176. The van der Waals surface area contributed by atoms with Crippen molar-refractivity contribution in [2.45, 2.75) is 52.0 Å². The van der Waals surface area contributed by atoms with E-state index in [1.807, 2.05) is 0 Å². The normalized spacial score (nSPS) is 12.4. The van der Waals surface area contributed by atoms with Crippen molar-refractivity contribution in [3.8, 4) is 0 Å². The summed E-state index contributed by atoms with van der Waals surface area (Å²) in [4.78, 5) is 11.2. The summed E-state index contributed by atoms with van der Waals surface area (Å²) in [6, 6.07) is -0.458. The Kier molecular flexibility index (Phi) is 11.1. The number of carbonyl (C=O) groups excluding carboxylic acids is 1. The van der Waals surface area contributed by atoms with Crippen LogP contribution in [0.15, 0.2) is 0 Å². The van der Waals surface area contributed by atoms with E-state index in [0.717, 1.165) is 5.75 Å². The average Bonchev–Trinajstić information content (AvgIpc) is 2.28. The molecule has 4 heteroatoms. The van der Waals surface area contributed by atoms with Gasteiger partial charge in [-0.2, -0.15) is 11.8 Å². The molecule has 3 nitrogen and oxygen atoms in total. The quantitative estimate of drug-likeness (QED) is 0.476. The van der Waals surface area contributed by atoms with Gasteiger partial charge in [-0.05, 0) is 19.1 Å². The second-order valence-corrected chi connectivity index (χ2v) is 5.00. The number of nitrogens with two attached hydrogens (primary N) is 1. The van der Waals surface area contributed by atoms with Crippen LogP contribution >= 0.6 is 11.8 Å². The third-order valence-corrected chi connectivity index (χ3v) is 3.45. The Hall–Kier alpha value is -0.220. The van der Waals surface area contributed by atoms with Crippen molar-refractivity contribution in [3.05, 3.63) is 0 Å². The molecule has 1 atom stereocenters. The van der Waals surface area contributed by atoms with E-state index in [1.165, 1.54) is 32.1 Å². The maximum Gasteiger partial charge on any atom is 0.323 e. The minimum absolute atomic E-state index is 0.277. The number of rotatable bonds is 10. The first kappa shape index (κ1) is 15.8. The van der Waals surface area contributed by atoms with E-state index < -0.39 is 6.04 Å². The zero-order chi connectivity index (χ0) is 12.2. The van der Waals surface area contributed by atoms with Gasteiger partial charge in [0.15, 0.2) is 0 Å². The topological polar surface area (TPSA) is 52.3 Å². The van der Waals surface area contributed by atoms with Crippen molar-refractivity contribution in [3.63, 3.8) is 0 Å². The van der Waals surface area contributed by atoms with Crippen LogP contribution in [0.1, 0.15) is 46.0 Å². The lowest BCUT2D eigenvalue weighted by Crippen LogP contribution is -2.34. The smallest absolute Gasteiger partial charge is 0.323 e. The van der Waals surface area contributed by atoms with Gasteiger partial charge in [0.05, 0.1) is 6.61 Å². The van der Waals surface area contributed by atoms with Gasteiger partial charge in [0, 0.05) is 5.75 Å². The zero-order valence-corrected chi connectivity index (χ0v) is 11.4. The maximum atomic E-state index is 11.2. The van der Waals surface area contributed by atoms with E-state index in [1.54, 1.807) is 18.7 Å². The Morgan fingerprint density at radius 3 is 2.56 bits per heavy atom. The molecular weight excluding hydrogens is 222 g/mol. The molecule has 2 N–H and O–H groups in total. The lowest BCUT2D eigenvalue weighted by molar-refractivity contribution is -0.144. The number of thioether (sulfide) groups is 1. The van der Waals surface area contributed by atoms with Gasteiger partial charge < -0.3 is 10.5 Å². The molecule has 0 aromatic rings. The molecule has 0 aliphatic rings. The summed E-state index contributed by atoms with van der Waals surface area (Å²) in [5, 5.41) is 0. The minimum atomic E-state index is -0.458. The van der Waals surface area contributed by atoms with Crippen molar-refractivity contribution < 1.29 is 9.53 Å². The molecule has 0 fully saturated rings. The molecule has 16 heavy (non-hydrogen) atoms. The molecule has 0 saturated heterocycles. The molecule has 0 spiro atoms. The van der Waals surface area contributed by atoms with Crippen molar-refractivity contribution in [2.24, 2.45) is 5.73 Å². The van der Waals surface area contributed by atoms with E-state index in [0.29, 0.717) is 12.4 Å². The monoisotopic (exact) mass is 247 g/mol. The van der Waals surface area contributed by atoms with Crippen LogP contribution in [0.4, 0.5) is 0 Å². The van der Waals surface area contributed by atoms with Gasteiger partial charge in [-0.25, -0.2) is 0 Å². The largest absolute Gasteiger partial charge is 0.465 e. The molecule has 0 rings (SSSR count). The van der Waals surface area contributed by atoms with E-state index in [-0.39, 0.29) is 5.97 Å². The number of ether oxygens (including phenoxy) is 1. The molecule has 0 unspecified atom stereocenters. The molecule has 0 bridgehead atoms. The van der Waals surface area contributed by atoms with Crippen molar-refractivity contribution in [1.29, 1.82) is 0 Å². The third-order valence-electron chi connectivity index (χ3n) is 2.28. The average molecular weight is 247 g/mol. The number of carbonyl (C=O) groups is 1. The Balaban J connectivity index is 3.27. The van der Waals surface area contributed by atoms with Crippen molar-refractivity contribution >= 4 is 17.7 Å². The van der Waals surface area contributed by atoms with Gasteiger partial charge in [0.25, 0.3) is 0 Å². The molecular formula is C12H25NO2S. The van der Waals surface area contributed by atoms with Gasteiger partial charge in [-0.1, -0.05) is 32.6 Å². The predicted octanol–water partition coefficient (Wildman–Crippen LogP) is 2.58. The van der Waals surface area contributed by atoms with E-state index in [2.05, 4.69) is 6.92 Å². The standard InChI is InChI=1S/C12H25NO2S/c1-3-5-6-7-8-9-16-10-11(13)12(14)15-4-2/h11H,3-10,13H2,1-2H3/t11-/m0/s1. The fourth-order valence-electron chi connectivity index (χ4n) is 1.34. The minimum Gasteiger partial charge on any atom is -0.465 e. The summed E-state index contributed by atoms with van der Waals surface area (Å²) in [7, 11) is 0. The summed E-state index contributed by atoms with van der Waals surface area (Å²) in [5.41, 5.74) is 5.67. The number of unbranched alkanes of at least 4 members (excludes halogenated alkanes) is 4. The molecule has 0 saturated carbocycles. The van der Waals surface area contributed by atoms with Crippen LogP contribution in [0.3, 0.4) is 0 Å². The van der Waals surface area contributed by atoms with Crippen LogP contribution in [0.5, 0.6) is 0 Å². The van der Waals surface area contributed by atoms with E-state index >= 15 is 0 Å². The van der Waals surface area contributed by atoms with Gasteiger partial charge >= 0.3 is 5.97 Å². The van der Waals surface area contributed by atoms with Gasteiger partial charge in [0.1, 0.15) is 6.04 Å². The predicted molar refractivity (Wildman–Crippen MR) is 70.7 cm³/mol. The molecule has 96 valence electrons. The highest BCUT2D eigenvalue weighted by Crippen LogP contribution is 2.09. The first-order valence-corrected chi connectivity index (χ1v) is 7.37. The number of hydrogen-bond acceptors (Lipinski definition) is 4. The highest BCUT2D eigenvalue weighted by atomic mass is 32.2. The fraction of sp³-hybridized carbons (Fsp3) is 0.917. The Morgan fingerprint density at radius 1 is 1.25 bits per heavy atom. The third kappa shape index (κ3) is 9.04. The Labute approximate surface area is 103 Å². The molecule has 0 aliphatic heterocycles. The van der Waals surface area contributed by atoms with Crippen LogP contribution in [-0.2, 0) is 9.53 Å². The lowest BCUT2D eigenvalue weighted by Gasteiger charge is -2.09. The van der Waals surface area contributed by atoms with Crippen molar-refractivity contribution in [1.82, 2.24) is 0 Å². The second-order valence-electron chi connectivity index (χ2n) is 3.85. The first-order valence-electron chi connectivity index (χ1n) is 6.22. The molecule has 0 aliphatic carbocycles. The molecule has 0 heterocycles. The molecule has 0 radical (unpaired) electrons. The highest BCUT2D eigenvalue weighted by molar-refractivity contribution is 7.99. The fourth-order valence-corrected chi connectivity index (χ4v) is 2.30. The molecule has 0 amide bonds. The van der Waals surface area contributed by atoms with Gasteiger partial charge in [0.2, 0.25) is 0 Å². The van der Waals surface area contributed by atoms with Crippen LogP contribution in [-0.4, -0.2) is 30.1 Å². The van der Waals surface area contributed by atoms with Crippen molar-refractivity contribution in [2.75, 3.05) is 18.1 Å². The second kappa shape index (κ2) is 11.3. The Morgan fingerprint density at radius 2 is 1.94 bits per heavy atom. The number of esters is 1. The SMILES string of the molecule is CCCCCCCSC[C@H](N)C(=O)OCC. The summed E-state index contributed by atoms with van der Waals surface area (Å²) >= 11 is 1.75. The molecule has 0 aromatic heterocycles. The van der Waals surface area contributed by atoms with Gasteiger partial charge in [-0.3, -0.25) is 4.79 Å². The summed E-state index contributed by atoms with van der Waals surface area (Å²) in [5.74, 6) is 1.49.